The lowest BCUT2D eigenvalue weighted by Crippen LogP contribution is -2.43. The summed E-state index contributed by atoms with van der Waals surface area (Å²) in [7, 11) is 3.26. The molecule has 0 unspecified atom stereocenters. The van der Waals surface area contributed by atoms with Gasteiger partial charge in [-0.25, -0.2) is 5.01 Å². The summed E-state index contributed by atoms with van der Waals surface area (Å²) in [4.78, 5) is 26.2. The normalized spacial score (nSPS) is 21.0. The van der Waals surface area contributed by atoms with Crippen LogP contribution in [0.15, 0.2) is 29.4 Å². The second-order valence-corrected chi connectivity index (χ2v) is 6.31. The van der Waals surface area contributed by atoms with Crippen molar-refractivity contribution in [2.75, 3.05) is 20.7 Å². The van der Waals surface area contributed by atoms with E-state index in [0.29, 0.717) is 18.6 Å². The molecule has 1 fully saturated rings. The van der Waals surface area contributed by atoms with Gasteiger partial charge in [-0.3, -0.25) is 9.59 Å². The lowest BCUT2D eigenvalue weighted by Gasteiger charge is -2.27. The molecule has 1 saturated heterocycles. The molecule has 0 spiro atoms. The average molecular weight is 329 g/mol. The highest BCUT2D eigenvalue weighted by atomic mass is 16.5. The molecule has 1 atom stereocenters. The van der Waals surface area contributed by atoms with Crippen molar-refractivity contribution in [1.29, 1.82) is 0 Å². The van der Waals surface area contributed by atoms with Crippen molar-refractivity contribution in [3.63, 3.8) is 0 Å². The fraction of sp³-hybridized carbons (Fsp3) is 0.500. The van der Waals surface area contributed by atoms with Crippen LogP contribution in [-0.4, -0.2) is 54.2 Å². The molecule has 0 N–H and O–H groups in total. The average Bonchev–Trinajstić information content (AvgIpc) is 3.05. The predicted octanol–water partition coefficient (Wildman–Crippen LogP) is 1.84. The number of ether oxygens (including phenoxy) is 1. The third kappa shape index (κ3) is 3.42. The molecular formula is C18H23N3O3. The van der Waals surface area contributed by atoms with Gasteiger partial charge in [-0.05, 0) is 37.0 Å². The minimum Gasteiger partial charge on any atom is -0.497 e. The number of likely N-dealkylation sites (tertiary alicyclic amines) is 1. The number of hydrazone groups is 1. The first kappa shape index (κ1) is 16.5. The van der Waals surface area contributed by atoms with Gasteiger partial charge >= 0.3 is 0 Å². The Morgan fingerprint density at radius 3 is 2.71 bits per heavy atom. The Hall–Kier alpha value is -2.37. The van der Waals surface area contributed by atoms with Gasteiger partial charge in [0.05, 0.1) is 7.11 Å². The van der Waals surface area contributed by atoms with Gasteiger partial charge in [-0.15, -0.1) is 0 Å². The van der Waals surface area contributed by atoms with E-state index in [1.54, 1.807) is 14.2 Å². The Kier molecular flexibility index (Phi) is 4.83. The van der Waals surface area contributed by atoms with Crippen LogP contribution in [0.25, 0.3) is 0 Å². The maximum atomic E-state index is 12.8. The first-order chi connectivity index (χ1) is 11.6. The predicted molar refractivity (Wildman–Crippen MR) is 90.9 cm³/mol. The van der Waals surface area contributed by atoms with Crippen molar-refractivity contribution in [3.05, 3.63) is 29.8 Å². The first-order valence-electron chi connectivity index (χ1n) is 8.36. The molecule has 6 heteroatoms. The van der Waals surface area contributed by atoms with Crippen LogP contribution < -0.4 is 4.74 Å². The van der Waals surface area contributed by atoms with E-state index in [9.17, 15) is 9.59 Å². The molecule has 6 nitrogen and oxygen atoms in total. The zero-order valence-corrected chi connectivity index (χ0v) is 14.2. The lowest BCUT2D eigenvalue weighted by molar-refractivity contribution is -0.130. The molecule has 1 aromatic rings. The van der Waals surface area contributed by atoms with Gasteiger partial charge in [0.1, 0.15) is 11.5 Å². The number of carbonyl (C=O) groups is 2. The van der Waals surface area contributed by atoms with E-state index >= 15 is 0 Å². The zero-order chi connectivity index (χ0) is 17.1. The molecule has 1 aromatic carbocycles. The van der Waals surface area contributed by atoms with Gasteiger partial charge in [0.25, 0.3) is 5.91 Å². The quantitative estimate of drug-likeness (QED) is 0.847. The Bertz CT molecular complexity index is 654. The van der Waals surface area contributed by atoms with E-state index in [2.05, 4.69) is 5.10 Å². The molecule has 3 rings (SSSR count). The second kappa shape index (κ2) is 7.03. The Morgan fingerprint density at radius 2 is 2.04 bits per heavy atom. The Morgan fingerprint density at radius 1 is 1.29 bits per heavy atom. The van der Waals surface area contributed by atoms with Gasteiger partial charge in [0.15, 0.2) is 0 Å². The summed E-state index contributed by atoms with van der Waals surface area (Å²) in [5.41, 5.74) is 1.69. The minimum absolute atomic E-state index is 0.0228. The molecule has 0 saturated carbocycles. The van der Waals surface area contributed by atoms with Crippen molar-refractivity contribution in [2.24, 2.45) is 5.10 Å². The van der Waals surface area contributed by atoms with Crippen LogP contribution in [-0.2, 0) is 16.0 Å². The summed E-state index contributed by atoms with van der Waals surface area (Å²) < 4.78 is 5.18. The van der Waals surface area contributed by atoms with Crippen LogP contribution >= 0.6 is 0 Å². The smallest absolute Gasteiger partial charge is 0.270 e. The van der Waals surface area contributed by atoms with Gasteiger partial charge < -0.3 is 9.64 Å². The molecule has 2 amide bonds. The van der Waals surface area contributed by atoms with E-state index in [1.807, 2.05) is 29.2 Å². The number of hydrogen-bond donors (Lipinski definition) is 0. The van der Waals surface area contributed by atoms with Crippen molar-refractivity contribution in [1.82, 2.24) is 9.91 Å². The number of rotatable bonds is 4. The van der Waals surface area contributed by atoms with E-state index in [1.165, 1.54) is 10.6 Å². The minimum atomic E-state index is -0.0391. The standard InChI is InChI=1S/C18H23N3O3/c1-20-17(22)10-9-16(19-20)18(23)21-11-3-4-14(21)12-13-5-7-15(24-2)8-6-13/h5-8,14H,3-4,9-12H2,1-2H3/t14-/m1/s1. The molecule has 2 aliphatic rings. The zero-order valence-electron chi connectivity index (χ0n) is 14.2. The maximum Gasteiger partial charge on any atom is 0.270 e. The van der Waals surface area contributed by atoms with Crippen LogP contribution in [0.5, 0.6) is 5.75 Å². The molecule has 2 heterocycles. The number of benzene rings is 1. The Balaban J connectivity index is 1.69. The summed E-state index contributed by atoms with van der Waals surface area (Å²) in [6, 6.07) is 8.18. The fourth-order valence-corrected chi connectivity index (χ4v) is 3.34. The molecular weight excluding hydrogens is 306 g/mol. The topological polar surface area (TPSA) is 62.2 Å². The third-order valence-corrected chi connectivity index (χ3v) is 4.72. The largest absolute Gasteiger partial charge is 0.497 e. The fourth-order valence-electron chi connectivity index (χ4n) is 3.34. The molecule has 128 valence electrons. The van der Waals surface area contributed by atoms with E-state index in [4.69, 9.17) is 4.74 Å². The summed E-state index contributed by atoms with van der Waals surface area (Å²) in [6.07, 6.45) is 3.64. The van der Waals surface area contributed by atoms with Gasteiger partial charge in [-0.1, -0.05) is 12.1 Å². The Labute approximate surface area is 142 Å². The maximum absolute atomic E-state index is 12.8. The molecule has 0 radical (unpaired) electrons. The summed E-state index contributed by atoms with van der Waals surface area (Å²) in [6.45, 7) is 0.760. The highest BCUT2D eigenvalue weighted by Gasteiger charge is 2.33. The van der Waals surface area contributed by atoms with Gasteiger partial charge in [0.2, 0.25) is 5.91 Å². The molecule has 0 aromatic heterocycles. The molecule has 24 heavy (non-hydrogen) atoms. The highest BCUT2D eigenvalue weighted by Crippen LogP contribution is 2.24. The van der Waals surface area contributed by atoms with Crippen LogP contribution in [0.1, 0.15) is 31.2 Å². The lowest BCUT2D eigenvalue weighted by atomic mass is 10.0. The van der Waals surface area contributed by atoms with Crippen LogP contribution in [0.2, 0.25) is 0 Å². The summed E-state index contributed by atoms with van der Waals surface area (Å²) in [5, 5.41) is 5.45. The number of methoxy groups -OCH3 is 1. The van der Waals surface area contributed by atoms with Gasteiger partial charge in [0, 0.05) is 32.5 Å². The van der Waals surface area contributed by atoms with E-state index < -0.39 is 0 Å². The monoisotopic (exact) mass is 329 g/mol. The van der Waals surface area contributed by atoms with Crippen LogP contribution in [0, 0.1) is 0 Å². The van der Waals surface area contributed by atoms with E-state index in [-0.39, 0.29) is 17.9 Å². The van der Waals surface area contributed by atoms with Crippen molar-refractivity contribution >= 4 is 17.5 Å². The summed E-state index contributed by atoms with van der Waals surface area (Å²) >= 11 is 0. The van der Waals surface area contributed by atoms with Crippen LogP contribution in [0.3, 0.4) is 0 Å². The van der Waals surface area contributed by atoms with Crippen LogP contribution in [0.4, 0.5) is 0 Å². The number of amides is 2. The second-order valence-electron chi connectivity index (χ2n) is 6.31. The highest BCUT2D eigenvalue weighted by molar-refractivity contribution is 6.39. The molecule has 0 aliphatic carbocycles. The van der Waals surface area contributed by atoms with Crippen molar-refractivity contribution in [2.45, 2.75) is 38.1 Å². The van der Waals surface area contributed by atoms with Crippen molar-refractivity contribution < 1.29 is 14.3 Å². The summed E-state index contributed by atoms with van der Waals surface area (Å²) in [5.74, 6) is 0.774. The number of hydrogen-bond acceptors (Lipinski definition) is 4. The van der Waals surface area contributed by atoms with Gasteiger partial charge in [-0.2, -0.15) is 5.10 Å². The van der Waals surface area contributed by atoms with E-state index in [0.717, 1.165) is 31.6 Å². The number of nitrogens with zero attached hydrogens (tertiary/aromatic N) is 3. The third-order valence-electron chi connectivity index (χ3n) is 4.72. The molecule has 2 aliphatic heterocycles. The molecule has 0 bridgehead atoms. The van der Waals surface area contributed by atoms with Crippen molar-refractivity contribution in [3.8, 4) is 5.75 Å². The number of carbonyl (C=O) groups excluding carboxylic acids is 2. The first-order valence-corrected chi connectivity index (χ1v) is 8.36. The SMILES string of the molecule is COc1ccc(C[C@H]2CCCN2C(=O)C2=NN(C)C(=O)CC2)cc1.